The standard InChI is InChI=1S/C14H19N3O3S/c1-17-12(7-8-16-17)9-15-10-14(18)11-3-5-13(6-4-11)21(2,19)20/h3-8,14-15,18H,9-10H2,1-2H3. The first-order valence-corrected chi connectivity index (χ1v) is 8.43. The van der Waals surface area contributed by atoms with Crippen molar-refractivity contribution in [1.29, 1.82) is 0 Å². The highest BCUT2D eigenvalue weighted by Gasteiger charge is 2.10. The lowest BCUT2D eigenvalue weighted by atomic mass is 10.1. The molecule has 1 atom stereocenters. The van der Waals surface area contributed by atoms with Gasteiger partial charge in [0.05, 0.1) is 16.7 Å². The third kappa shape index (κ3) is 4.13. The Hall–Kier alpha value is -1.70. The van der Waals surface area contributed by atoms with Gasteiger partial charge in [0.15, 0.2) is 9.84 Å². The number of rotatable bonds is 6. The van der Waals surface area contributed by atoms with Crippen LogP contribution in [0.2, 0.25) is 0 Å². The predicted molar refractivity (Wildman–Crippen MR) is 79.4 cm³/mol. The number of sulfone groups is 1. The van der Waals surface area contributed by atoms with Gasteiger partial charge in [-0.1, -0.05) is 12.1 Å². The molecule has 114 valence electrons. The smallest absolute Gasteiger partial charge is 0.175 e. The molecule has 0 radical (unpaired) electrons. The summed E-state index contributed by atoms with van der Waals surface area (Å²) < 4.78 is 24.5. The maximum absolute atomic E-state index is 11.4. The van der Waals surface area contributed by atoms with Gasteiger partial charge in [-0.05, 0) is 23.8 Å². The molecule has 6 nitrogen and oxygen atoms in total. The van der Waals surface area contributed by atoms with E-state index in [0.717, 1.165) is 11.9 Å². The van der Waals surface area contributed by atoms with Crippen LogP contribution in [0.3, 0.4) is 0 Å². The highest BCUT2D eigenvalue weighted by atomic mass is 32.2. The predicted octanol–water partition coefficient (Wildman–Crippen LogP) is 0.647. The average molecular weight is 309 g/mol. The molecule has 1 unspecified atom stereocenters. The molecule has 1 aromatic carbocycles. The number of aryl methyl sites for hydroxylation is 1. The van der Waals surface area contributed by atoms with Gasteiger partial charge in [-0.15, -0.1) is 0 Å². The number of aliphatic hydroxyl groups is 1. The fraction of sp³-hybridized carbons (Fsp3) is 0.357. The monoisotopic (exact) mass is 309 g/mol. The summed E-state index contributed by atoms with van der Waals surface area (Å²) in [5.74, 6) is 0. The SMILES string of the molecule is Cn1nccc1CNCC(O)c1ccc(S(C)(=O)=O)cc1. The Morgan fingerprint density at radius 1 is 1.29 bits per heavy atom. The molecule has 0 aliphatic carbocycles. The van der Waals surface area contributed by atoms with Crippen LogP contribution >= 0.6 is 0 Å². The first-order chi connectivity index (χ1) is 9.88. The Balaban J connectivity index is 1.91. The largest absolute Gasteiger partial charge is 0.387 e. The molecule has 0 saturated carbocycles. The molecule has 0 fully saturated rings. The number of nitrogens with one attached hydrogen (secondary N) is 1. The minimum Gasteiger partial charge on any atom is -0.387 e. The summed E-state index contributed by atoms with van der Waals surface area (Å²) in [6.45, 7) is 0.985. The van der Waals surface area contributed by atoms with Gasteiger partial charge < -0.3 is 10.4 Å². The zero-order valence-electron chi connectivity index (χ0n) is 12.0. The summed E-state index contributed by atoms with van der Waals surface area (Å²) in [4.78, 5) is 0.251. The van der Waals surface area contributed by atoms with Gasteiger partial charge in [0.25, 0.3) is 0 Å². The van der Waals surface area contributed by atoms with Crippen LogP contribution in [-0.2, 0) is 23.4 Å². The Bertz CT molecular complexity index is 693. The molecule has 0 amide bonds. The van der Waals surface area contributed by atoms with Gasteiger partial charge in [0.1, 0.15) is 0 Å². The van der Waals surface area contributed by atoms with E-state index in [1.165, 1.54) is 12.1 Å². The summed E-state index contributed by atoms with van der Waals surface area (Å²) in [6, 6.07) is 8.18. The summed E-state index contributed by atoms with van der Waals surface area (Å²) in [7, 11) is -1.35. The lowest BCUT2D eigenvalue weighted by molar-refractivity contribution is 0.174. The lowest BCUT2D eigenvalue weighted by Crippen LogP contribution is -2.22. The van der Waals surface area contributed by atoms with Crippen molar-refractivity contribution in [2.75, 3.05) is 12.8 Å². The van der Waals surface area contributed by atoms with E-state index in [-0.39, 0.29) is 4.90 Å². The topological polar surface area (TPSA) is 84.2 Å². The summed E-state index contributed by atoms with van der Waals surface area (Å²) in [5.41, 5.74) is 1.70. The molecule has 2 N–H and O–H groups in total. The summed E-state index contributed by atoms with van der Waals surface area (Å²) in [6.07, 6.45) is 2.19. The van der Waals surface area contributed by atoms with Crippen LogP contribution in [0.4, 0.5) is 0 Å². The van der Waals surface area contributed by atoms with Crippen molar-refractivity contribution in [3.8, 4) is 0 Å². The van der Waals surface area contributed by atoms with Crippen LogP contribution in [0.25, 0.3) is 0 Å². The van der Waals surface area contributed by atoms with E-state index in [0.29, 0.717) is 18.7 Å². The van der Waals surface area contributed by atoms with Crippen molar-refractivity contribution in [2.45, 2.75) is 17.5 Å². The minimum absolute atomic E-state index is 0.251. The third-order valence-electron chi connectivity index (χ3n) is 3.26. The number of hydrogen-bond donors (Lipinski definition) is 2. The zero-order valence-corrected chi connectivity index (χ0v) is 12.8. The highest BCUT2D eigenvalue weighted by Crippen LogP contribution is 2.16. The maximum atomic E-state index is 11.4. The molecular weight excluding hydrogens is 290 g/mol. The maximum Gasteiger partial charge on any atom is 0.175 e. The van der Waals surface area contributed by atoms with Gasteiger partial charge in [-0.2, -0.15) is 5.10 Å². The van der Waals surface area contributed by atoms with Gasteiger partial charge in [-0.25, -0.2) is 8.42 Å². The Labute approximate surface area is 124 Å². The third-order valence-corrected chi connectivity index (χ3v) is 4.39. The van der Waals surface area contributed by atoms with Crippen LogP contribution in [0.15, 0.2) is 41.4 Å². The molecule has 2 rings (SSSR count). The van der Waals surface area contributed by atoms with Crippen molar-refractivity contribution in [2.24, 2.45) is 7.05 Å². The zero-order chi connectivity index (χ0) is 15.5. The molecule has 1 aromatic heterocycles. The van der Waals surface area contributed by atoms with Crippen LogP contribution in [0.1, 0.15) is 17.4 Å². The molecular formula is C14H19N3O3S. The van der Waals surface area contributed by atoms with Crippen molar-refractivity contribution < 1.29 is 13.5 Å². The van der Waals surface area contributed by atoms with E-state index in [1.807, 2.05) is 13.1 Å². The molecule has 0 saturated heterocycles. The van der Waals surface area contributed by atoms with Crippen molar-refractivity contribution in [3.05, 3.63) is 47.8 Å². The molecule has 0 bridgehead atoms. The van der Waals surface area contributed by atoms with Crippen LogP contribution in [0, 0.1) is 0 Å². The average Bonchev–Trinajstić information content (AvgIpc) is 2.83. The van der Waals surface area contributed by atoms with Crippen LogP contribution in [-0.4, -0.2) is 36.1 Å². The van der Waals surface area contributed by atoms with Crippen LogP contribution in [0.5, 0.6) is 0 Å². The number of aliphatic hydroxyl groups excluding tert-OH is 1. The number of hydrogen-bond acceptors (Lipinski definition) is 5. The van der Waals surface area contributed by atoms with E-state index in [9.17, 15) is 13.5 Å². The van der Waals surface area contributed by atoms with Crippen LogP contribution < -0.4 is 5.32 Å². The first kappa shape index (κ1) is 15.7. The van der Waals surface area contributed by atoms with Crippen molar-refractivity contribution >= 4 is 9.84 Å². The minimum atomic E-state index is -3.20. The normalized spacial score (nSPS) is 13.3. The number of aromatic nitrogens is 2. The first-order valence-electron chi connectivity index (χ1n) is 6.53. The van der Waals surface area contributed by atoms with Gasteiger partial charge >= 0.3 is 0 Å². The fourth-order valence-corrected chi connectivity index (χ4v) is 2.60. The van der Waals surface area contributed by atoms with E-state index >= 15 is 0 Å². The Morgan fingerprint density at radius 2 is 1.95 bits per heavy atom. The molecule has 7 heteroatoms. The Morgan fingerprint density at radius 3 is 2.48 bits per heavy atom. The molecule has 2 aromatic rings. The molecule has 0 aliphatic rings. The number of nitrogens with zero attached hydrogens (tertiary/aromatic N) is 2. The van der Waals surface area contributed by atoms with E-state index in [1.54, 1.807) is 23.0 Å². The van der Waals surface area contributed by atoms with Crippen molar-refractivity contribution in [3.63, 3.8) is 0 Å². The van der Waals surface area contributed by atoms with E-state index in [2.05, 4.69) is 10.4 Å². The Kier molecular flexibility index (Phi) is 4.76. The van der Waals surface area contributed by atoms with Gasteiger partial charge in [-0.3, -0.25) is 4.68 Å². The second-order valence-corrected chi connectivity index (χ2v) is 6.95. The fourth-order valence-electron chi connectivity index (χ4n) is 1.97. The molecule has 21 heavy (non-hydrogen) atoms. The highest BCUT2D eigenvalue weighted by molar-refractivity contribution is 7.90. The lowest BCUT2D eigenvalue weighted by Gasteiger charge is -2.12. The summed E-state index contributed by atoms with van der Waals surface area (Å²) >= 11 is 0. The van der Waals surface area contributed by atoms with Gasteiger partial charge in [0.2, 0.25) is 0 Å². The molecule has 0 aliphatic heterocycles. The molecule has 1 heterocycles. The second kappa shape index (κ2) is 6.38. The van der Waals surface area contributed by atoms with E-state index in [4.69, 9.17) is 0 Å². The quantitative estimate of drug-likeness (QED) is 0.818. The van der Waals surface area contributed by atoms with Gasteiger partial charge in [0, 0.05) is 32.6 Å². The van der Waals surface area contributed by atoms with E-state index < -0.39 is 15.9 Å². The van der Waals surface area contributed by atoms with Crippen molar-refractivity contribution in [1.82, 2.24) is 15.1 Å². The number of benzene rings is 1. The summed E-state index contributed by atoms with van der Waals surface area (Å²) in [5, 5.41) is 17.3. The molecule has 0 spiro atoms. The second-order valence-electron chi connectivity index (χ2n) is 4.93.